The predicted octanol–water partition coefficient (Wildman–Crippen LogP) is 3.23. The minimum Gasteiger partial charge on any atom is -0.376 e. The Morgan fingerprint density at radius 2 is 1.88 bits per heavy atom. The van der Waals surface area contributed by atoms with E-state index in [0.717, 1.165) is 19.7 Å². The zero-order valence-corrected chi connectivity index (χ0v) is 11.3. The molecule has 2 heteroatoms. The van der Waals surface area contributed by atoms with Crippen LogP contribution in [0.1, 0.15) is 32.8 Å². The van der Waals surface area contributed by atoms with Crippen molar-refractivity contribution in [1.82, 2.24) is 5.32 Å². The molecule has 0 aromatic heterocycles. The maximum absolute atomic E-state index is 5.78. The third-order valence-electron chi connectivity index (χ3n) is 2.63. The molecule has 0 radical (unpaired) electrons. The molecule has 0 amide bonds. The van der Waals surface area contributed by atoms with Crippen molar-refractivity contribution in [3.8, 4) is 0 Å². The van der Waals surface area contributed by atoms with Gasteiger partial charge in [-0.15, -0.1) is 0 Å². The lowest BCUT2D eigenvalue weighted by Crippen LogP contribution is -2.33. The molecule has 1 N–H and O–H groups in total. The summed E-state index contributed by atoms with van der Waals surface area (Å²) in [4.78, 5) is 0. The number of hydrogen-bond donors (Lipinski definition) is 1. The smallest absolute Gasteiger partial charge is 0.0717 e. The maximum Gasteiger partial charge on any atom is 0.0717 e. The van der Waals surface area contributed by atoms with E-state index in [2.05, 4.69) is 38.2 Å². The highest BCUT2D eigenvalue weighted by Crippen LogP contribution is 2.15. The topological polar surface area (TPSA) is 21.3 Å². The first-order chi connectivity index (χ1) is 8.14. The number of benzene rings is 1. The molecule has 0 aliphatic heterocycles. The quantitative estimate of drug-likeness (QED) is 0.698. The SMILES string of the molecule is CCCNCC(C)(C)COCc1ccccc1. The second kappa shape index (κ2) is 7.46. The van der Waals surface area contributed by atoms with E-state index >= 15 is 0 Å². The maximum atomic E-state index is 5.78. The first kappa shape index (κ1) is 14.2. The van der Waals surface area contributed by atoms with E-state index in [4.69, 9.17) is 4.74 Å². The van der Waals surface area contributed by atoms with Crippen LogP contribution in [-0.4, -0.2) is 19.7 Å². The van der Waals surface area contributed by atoms with Crippen molar-refractivity contribution >= 4 is 0 Å². The van der Waals surface area contributed by atoms with Crippen LogP contribution in [0.4, 0.5) is 0 Å². The Labute approximate surface area is 105 Å². The summed E-state index contributed by atoms with van der Waals surface area (Å²) in [5.41, 5.74) is 1.44. The summed E-state index contributed by atoms with van der Waals surface area (Å²) in [7, 11) is 0. The molecule has 17 heavy (non-hydrogen) atoms. The van der Waals surface area contributed by atoms with Crippen LogP contribution in [0.25, 0.3) is 0 Å². The number of rotatable bonds is 8. The highest BCUT2D eigenvalue weighted by Gasteiger charge is 2.17. The van der Waals surface area contributed by atoms with E-state index in [1.807, 2.05) is 18.2 Å². The van der Waals surface area contributed by atoms with Gasteiger partial charge in [-0.25, -0.2) is 0 Å². The van der Waals surface area contributed by atoms with Crippen molar-refractivity contribution in [3.63, 3.8) is 0 Å². The molecule has 1 rings (SSSR count). The van der Waals surface area contributed by atoms with Crippen molar-refractivity contribution in [2.45, 2.75) is 33.8 Å². The lowest BCUT2D eigenvalue weighted by Gasteiger charge is -2.24. The number of ether oxygens (including phenoxy) is 1. The van der Waals surface area contributed by atoms with E-state index in [1.165, 1.54) is 12.0 Å². The Morgan fingerprint density at radius 3 is 2.53 bits per heavy atom. The zero-order valence-electron chi connectivity index (χ0n) is 11.3. The minimum absolute atomic E-state index is 0.198. The van der Waals surface area contributed by atoms with E-state index in [1.54, 1.807) is 0 Å². The molecule has 0 unspecified atom stereocenters. The third kappa shape index (κ3) is 6.44. The van der Waals surface area contributed by atoms with Gasteiger partial charge in [0.25, 0.3) is 0 Å². The summed E-state index contributed by atoms with van der Waals surface area (Å²) in [5.74, 6) is 0. The van der Waals surface area contributed by atoms with Gasteiger partial charge in [0, 0.05) is 12.0 Å². The fourth-order valence-corrected chi connectivity index (χ4v) is 1.67. The van der Waals surface area contributed by atoms with Gasteiger partial charge in [-0.3, -0.25) is 0 Å². The second-order valence-electron chi connectivity index (χ2n) is 5.32. The second-order valence-corrected chi connectivity index (χ2v) is 5.32. The first-order valence-corrected chi connectivity index (χ1v) is 6.46. The lowest BCUT2D eigenvalue weighted by atomic mass is 9.95. The summed E-state index contributed by atoms with van der Waals surface area (Å²) < 4.78 is 5.78. The van der Waals surface area contributed by atoms with Gasteiger partial charge < -0.3 is 10.1 Å². The van der Waals surface area contributed by atoms with Crippen molar-refractivity contribution < 1.29 is 4.74 Å². The van der Waals surface area contributed by atoms with E-state index in [9.17, 15) is 0 Å². The molecule has 0 spiro atoms. The van der Waals surface area contributed by atoms with Crippen LogP contribution < -0.4 is 5.32 Å². The summed E-state index contributed by atoms with van der Waals surface area (Å²) in [6.07, 6.45) is 1.18. The van der Waals surface area contributed by atoms with Crippen molar-refractivity contribution in [2.75, 3.05) is 19.7 Å². The highest BCUT2D eigenvalue weighted by atomic mass is 16.5. The Hall–Kier alpha value is -0.860. The van der Waals surface area contributed by atoms with Crippen molar-refractivity contribution in [2.24, 2.45) is 5.41 Å². The highest BCUT2D eigenvalue weighted by molar-refractivity contribution is 5.13. The average Bonchev–Trinajstić information content (AvgIpc) is 2.30. The third-order valence-corrected chi connectivity index (χ3v) is 2.63. The molecule has 0 bridgehead atoms. The van der Waals surface area contributed by atoms with Crippen molar-refractivity contribution in [3.05, 3.63) is 35.9 Å². The summed E-state index contributed by atoms with van der Waals surface area (Å²) in [5, 5.41) is 3.44. The lowest BCUT2D eigenvalue weighted by molar-refractivity contribution is 0.0513. The normalized spacial score (nSPS) is 11.7. The largest absolute Gasteiger partial charge is 0.376 e. The van der Waals surface area contributed by atoms with Crippen LogP contribution in [0.3, 0.4) is 0 Å². The van der Waals surface area contributed by atoms with Crippen LogP contribution >= 0.6 is 0 Å². The average molecular weight is 235 g/mol. The Morgan fingerprint density at radius 1 is 1.18 bits per heavy atom. The molecule has 0 fully saturated rings. The van der Waals surface area contributed by atoms with Crippen LogP contribution in [0.5, 0.6) is 0 Å². The molecule has 0 aliphatic carbocycles. The van der Waals surface area contributed by atoms with Crippen LogP contribution in [-0.2, 0) is 11.3 Å². The minimum atomic E-state index is 0.198. The molecular weight excluding hydrogens is 210 g/mol. The molecule has 0 aliphatic rings. The fourth-order valence-electron chi connectivity index (χ4n) is 1.67. The first-order valence-electron chi connectivity index (χ1n) is 6.46. The molecule has 0 saturated carbocycles. The van der Waals surface area contributed by atoms with Crippen LogP contribution in [0.2, 0.25) is 0 Å². The van der Waals surface area contributed by atoms with Gasteiger partial charge in [0.05, 0.1) is 13.2 Å². The molecule has 1 aromatic carbocycles. The zero-order chi connectivity index (χ0) is 12.6. The van der Waals surface area contributed by atoms with Gasteiger partial charge in [-0.1, -0.05) is 51.1 Å². The van der Waals surface area contributed by atoms with E-state index < -0.39 is 0 Å². The fraction of sp³-hybridized carbons (Fsp3) is 0.600. The monoisotopic (exact) mass is 235 g/mol. The molecular formula is C15H25NO. The molecule has 96 valence electrons. The van der Waals surface area contributed by atoms with Gasteiger partial charge in [0.1, 0.15) is 0 Å². The summed E-state index contributed by atoms with van der Waals surface area (Å²) >= 11 is 0. The summed E-state index contributed by atoms with van der Waals surface area (Å²) in [6, 6.07) is 10.3. The predicted molar refractivity (Wildman–Crippen MR) is 73.0 cm³/mol. The van der Waals surface area contributed by atoms with Crippen LogP contribution in [0.15, 0.2) is 30.3 Å². The Bertz CT molecular complexity index is 295. The molecule has 0 heterocycles. The van der Waals surface area contributed by atoms with Gasteiger partial charge in [0.2, 0.25) is 0 Å². The van der Waals surface area contributed by atoms with Crippen molar-refractivity contribution in [1.29, 1.82) is 0 Å². The number of hydrogen-bond acceptors (Lipinski definition) is 2. The summed E-state index contributed by atoms with van der Waals surface area (Å²) in [6.45, 7) is 10.3. The Balaban J connectivity index is 2.20. The molecule has 1 aromatic rings. The molecule has 2 nitrogen and oxygen atoms in total. The standard InChI is InChI=1S/C15H25NO/c1-4-10-16-12-15(2,3)13-17-11-14-8-6-5-7-9-14/h5-9,16H,4,10-13H2,1-3H3. The van der Waals surface area contributed by atoms with Gasteiger partial charge in [-0.2, -0.15) is 0 Å². The number of nitrogens with one attached hydrogen (secondary N) is 1. The van der Waals surface area contributed by atoms with E-state index in [-0.39, 0.29) is 5.41 Å². The van der Waals surface area contributed by atoms with Crippen LogP contribution in [0, 0.1) is 5.41 Å². The van der Waals surface area contributed by atoms with E-state index in [0.29, 0.717) is 6.61 Å². The molecule has 0 saturated heterocycles. The Kier molecular flexibility index (Phi) is 6.23. The van der Waals surface area contributed by atoms with Gasteiger partial charge in [0.15, 0.2) is 0 Å². The molecule has 0 atom stereocenters. The van der Waals surface area contributed by atoms with Gasteiger partial charge >= 0.3 is 0 Å². The van der Waals surface area contributed by atoms with Gasteiger partial charge in [-0.05, 0) is 18.5 Å².